The van der Waals surface area contributed by atoms with Gasteiger partial charge < -0.3 is 59.7 Å². The summed E-state index contributed by atoms with van der Waals surface area (Å²) in [6, 6.07) is 12.5. The zero-order valence-electron chi connectivity index (χ0n) is 34.7. The summed E-state index contributed by atoms with van der Waals surface area (Å²) in [4.78, 5) is 102. The minimum atomic E-state index is -5.78. The smallest absolute Gasteiger partial charge is 0.490 e. The number of aliphatic hydroxyl groups is 1. The largest absolute Gasteiger partial charge is 0.508 e. The highest BCUT2D eigenvalue weighted by molar-refractivity contribution is 7.66. The number of phenols is 2. The summed E-state index contributed by atoms with van der Waals surface area (Å²) >= 11 is 0. The molecule has 0 radical (unpaired) electrons. The summed E-state index contributed by atoms with van der Waals surface area (Å²) in [7, 11) is -16.9. The van der Waals surface area contributed by atoms with E-state index in [0.717, 1.165) is 4.90 Å². The van der Waals surface area contributed by atoms with Crippen molar-refractivity contribution in [3.05, 3.63) is 94.6 Å². The lowest BCUT2D eigenvalue weighted by molar-refractivity contribution is -0.127. The molecule has 7 rings (SSSR count). The molecule has 3 unspecified atom stereocenters. The second-order valence-corrected chi connectivity index (χ2v) is 19.9. The second-order valence-electron chi connectivity index (χ2n) is 15.5. The summed E-state index contributed by atoms with van der Waals surface area (Å²) in [6.07, 6.45) is 0.424. The number of carbonyl (C=O) groups excluding carboxylic acids is 5. The highest BCUT2D eigenvalue weighted by Crippen LogP contribution is 2.66. The molecule has 360 valence electrons. The quantitative estimate of drug-likeness (QED) is 0.0379. The average Bonchev–Trinajstić information content (AvgIpc) is 3.74. The molecule has 4 heterocycles. The van der Waals surface area contributed by atoms with E-state index in [1.807, 2.05) is 0 Å². The fourth-order valence-corrected chi connectivity index (χ4v) is 10.8. The number of phosphoric acid groups is 3. The topological polar surface area (TPSA) is 373 Å². The van der Waals surface area contributed by atoms with Gasteiger partial charge in [-0.2, -0.15) is 8.62 Å². The number of benzene rings is 3. The van der Waals surface area contributed by atoms with Crippen LogP contribution in [0.25, 0.3) is 0 Å². The molecule has 4 aliphatic rings. The molecule has 2 saturated heterocycles. The van der Waals surface area contributed by atoms with E-state index in [1.165, 1.54) is 42.5 Å². The number of urea groups is 1. The molecule has 67 heavy (non-hydrogen) atoms. The molecule has 3 aromatic rings. The number of phenolic OH excluding ortho intramolecular Hbond substituents is 2. The second kappa shape index (κ2) is 19.6. The number of rotatable bonds is 18. The van der Waals surface area contributed by atoms with Crippen LogP contribution in [-0.2, 0) is 51.5 Å². The molecule has 0 bridgehead atoms. The highest BCUT2D eigenvalue weighted by atomic mass is 31.3. The van der Waals surface area contributed by atoms with E-state index in [-0.39, 0.29) is 72.5 Å². The maximum atomic E-state index is 13.4. The van der Waals surface area contributed by atoms with E-state index in [4.69, 9.17) is 24.0 Å². The number of aliphatic hydroxyl groups excluding tert-OH is 1. The lowest BCUT2D eigenvalue weighted by Gasteiger charge is -2.36. The predicted octanol–water partition coefficient (Wildman–Crippen LogP) is 2.62. The number of hydrogen-bond acceptors (Lipinski definition) is 17. The van der Waals surface area contributed by atoms with Crippen molar-refractivity contribution in [1.29, 1.82) is 0 Å². The third kappa shape index (κ3) is 11.4. The van der Waals surface area contributed by atoms with E-state index in [1.54, 1.807) is 24.3 Å². The summed E-state index contributed by atoms with van der Waals surface area (Å²) in [5.41, 5.74) is 0.238. The van der Waals surface area contributed by atoms with Crippen molar-refractivity contribution in [3.8, 4) is 23.0 Å². The molecule has 1 spiro atoms. The third-order valence-corrected chi connectivity index (χ3v) is 14.6. The average molecular weight is 997 g/mol. The zero-order valence-corrected chi connectivity index (χ0v) is 37.3. The van der Waals surface area contributed by atoms with Crippen LogP contribution in [0.1, 0.15) is 69.5 Å². The van der Waals surface area contributed by atoms with E-state index >= 15 is 0 Å². The highest BCUT2D eigenvalue weighted by Gasteiger charge is 2.54. The van der Waals surface area contributed by atoms with Crippen LogP contribution in [0.2, 0.25) is 0 Å². The van der Waals surface area contributed by atoms with Crippen LogP contribution in [0.3, 0.4) is 0 Å². The molecule has 0 aliphatic carbocycles. The molecule has 10 N–H and O–H groups in total. The number of esters is 1. The van der Waals surface area contributed by atoms with E-state index in [2.05, 4.69) is 29.1 Å². The Morgan fingerprint density at radius 3 is 2.21 bits per heavy atom. The van der Waals surface area contributed by atoms with Gasteiger partial charge in [-0.3, -0.25) is 29.1 Å². The number of hydrogen-bond donors (Lipinski definition) is 10. The number of unbranched alkanes of at least 4 members (excludes halogenated alkanes) is 2. The minimum absolute atomic E-state index is 0.0311. The first-order valence-corrected chi connectivity index (χ1v) is 24.7. The van der Waals surface area contributed by atoms with Gasteiger partial charge in [-0.05, 0) is 49.2 Å². The van der Waals surface area contributed by atoms with Crippen LogP contribution in [0.15, 0.2) is 66.7 Å². The Kier molecular flexibility index (Phi) is 14.4. The van der Waals surface area contributed by atoms with Crippen molar-refractivity contribution >= 4 is 53.2 Å². The van der Waals surface area contributed by atoms with Crippen LogP contribution in [-0.4, -0.2) is 114 Å². The van der Waals surface area contributed by atoms with Crippen LogP contribution in [0.4, 0.5) is 4.79 Å². The van der Waals surface area contributed by atoms with Crippen LogP contribution >= 0.6 is 23.5 Å². The molecule has 28 heteroatoms. The van der Waals surface area contributed by atoms with Gasteiger partial charge in [0.15, 0.2) is 5.60 Å². The first kappa shape index (κ1) is 49.4. The zero-order chi connectivity index (χ0) is 48.5. The van der Waals surface area contributed by atoms with Crippen LogP contribution in [0, 0.1) is 5.92 Å². The van der Waals surface area contributed by atoms with Gasteiger partial charge in [0.05, 0.1) is 24.2 Å². The molecule has 6 atom stereocenters. The third-order valence-electron chi connectivity index (χ3n) is 10.8. The Hall–Kier alpha value is -5.52. The first-order valence-electron chi connectivity index (χ1n) is 20.2. The van der Waals surface area contributed by atoms with Gasteiger partial charge >= 0.3 is 35.5 Å². The lowest BCUT2D eigenvalue weighted by atomic mass is 9.77. The summed E-state index contributed by atoms with van der Waals surface area (Å²) in [6.45, 7) is -0.884. The molecular weight excluding hydrogens is 953 g/mol. The maximum absolute atomic E-state index is 13.4. The van der Waals surface area contributed by atoms with E-state index < -0.39 is 83.8 Å². The predicted molar refractivity (Wildman–Crippen MR) is 224 cm³/mol. The van der Waals surface area contributed by atoms with Crippen molar-refractivity contribution in [1.82, 2.24) is 20.9 Å². The van der Waals surface area contributed by atoms with E-state index in [0.29, 0.717) is 36.0 Å². The van der Waals surface area contributed by atoms with Crippen molar-refractivity contribution in [2.75, 3.05) is 26.2 Å². The monoisotopic (exact) mass is 996 g/mol. The summed E-state index contributed by atoms with van der Waals surface area (Å²) in [5.74, 6) is -2.72. The molecule has 2 fully saturated rings. The number of aromatic hydroxyl groups is 2. The number of nitrogens with one attached hydrogen (secondary N) is 3. The summed E-state index contributed by atoms with van der Waals surface area (Å²) < 4.78 is 63.8. The Morgan fingerprint density at radius 1 is 0.866 bits per heavy atom. The van der Waals surface area contributed by atoms with Crippen molar-refractivity contribution in [2.24, 2.45) is 5.92 Å². The van der Waals surface area contributed by atoms with Gasteiger partial charge in [0, 0.05) is 66.9 Å². The van der Waals surface area contributed by atoms with E-state index in [9.17, 15) is 62.8 Å². The Bertz CT molecular complexity index is 2610. The van der Waals surface area contributed by atoms with Gasteiger partial charge in [-0.15, -0.1) is 0 Å². The standard InChI is InChI=1S/C39H43N4O21P3/c44-23-8-11-27-30(16-23)60-31-17-24(45)9-12-28(31)39(27)26-10-7-21(15-25(26)37(50)62-39)35(48)41-13-3-1-2-6-33(47)40-14-4-5-22-19-43(38(51)42-36(22)49)34-18-29(46)32(61-34)20-59-66(55,56)64-67(57,58)63-65(52,53)54/h4-5,7-12,15-17,22,29,32,34,44-46H,1-3,6,13-14,18-20H2,(H,40,47)(H,41,48)(H,55,56)(H,57,58)(H,42,49,51)(H2,52,53,54)/b5-4+/t22?,29-,32+,34+/m0/s1. The molecular formula is C39H43N4O21P3. The van der Waals surface area contributed by atoms with Gasteiger partial charge in [-0.1, -0.05) is 24.6 Å². The molecule has 4 aliphatic heterocycles. The van der Waals surface area contributed by atoms with Crippen molar-refractivity contribution < 1.29 is 99.9 Å². The lowest BCUT2D eigenvalue weighted by Crippen LogP contribution is -2.57. The normalized spacial score (nSPS) is 22.5. The van der Waals surface area contributed by atoms with Crippen LogP contribution < -0.4 is 20.7 Å². The fourth-order valence-electron chi connectivity index (χ4n) is 7.80. The Morgan fingerprint density at radius 2 is 1.54 bits per heavy atom. The number of imide groups is 1. The fraction of sp³-hybridized carbons (Fsp3) is 0.359. The maximum Gasteiger partial charge on any atom is 0.490 e. The summed E-state index contributed by atoms with van der Waals surface area (Å²) in [5, 5.41) is 38.3. The van der Waals surface area contributed by atoms with Gasteiger partial charge in [0.2, 0.25) is 11.8 Å². The first-order chi connectivity index (χ1) is 31.5. The number of ether oxygens (including phenoxy) is 3. The number of carbonyl (C=O) groups is 5. The Labute approximate surface area is 379 Å². The van der Waals surface area contributed by atoms with Gasteiger partial charge in [0.1, 0.15) is 35.3 Å². The molecule has 0 aromatic heterocycles. The number of nitrogens with zero attached hydrogens (tertiary/aromatic N) is 1. The number of amides is 5. The van der Waals surface area contributed by atoms with Crippen molar-refractivity contribution in [2.45, 2.75) is 56.1 Å². The number of fused-ring (bicyclic) bond motifs is 6. The molecule has 5 amide bonds. The molecule has 0 saturated carbocycles. The van der Waals surface area contributed by atoms with Gasteiger partial charge in [-0.25, -0.2) is 23.3 Å². The SMILES string of the molecule is O=C(CCCCCNC(=O)c1ccc2c(c1)C(=O)OC21c2ccc(O)cc2Oc2cc(O)ccc21)NC/C=C/C1CN([C@H]2C[C@H](O)[C@@H](COP(=O)(O)OP(=O)(O)OP(=O)(O)O)O2)C(=O)NC1=O. The van der Waals surface area contributed by atoms with Crippen LogP contribution in [0.5, 0.6) is 23.0 Å². The minimum Gasteiger partial charge on any atom is -0.508 e. The van der Waals surface area contributed by atoms with Gasteiger partial charge in [0.25, 0.3) is 5.91 Å². The van der Waals surface area contributed by atoms with Crippen molar-refractivity contribution in [3.63, 3.8) is 0 Å². The molecule has 25 nitrogen and oxygen atoms in total. The Balaban J connectivity index is 0.824. The molecule has 3 aromatic carbocycles. The number of phosphoric ester groups is 1.